The zero-order valence-electron chi connectivity index (χ0n) is 15.8. The van der Waals surface area contributed by atoms with Gasteiger partial charge in [-0.1, -0.05) is 6.07 Å². The Morgan fingerprint density at radius 2 is 1.70 bits per heavy atom. The van der Waals surface area contributed by atoms with Crippen molar-refractivity contribution in [3.63, 3.8) is 0 Å². The Morgan fingerprint density at radius 1 is 1.00 bits per heavy atom. The molecule has 0 aliphatic carbocycles. The molecule has 0 radical (unpaired) electrons. The molecule has 0 N–H and O–H groups in total. The second kappa shape index (κ2) is 7.70. The summed E-state index contributed by atoms with van der Waals surface area (Å²) in [7, 11) is -2.14. The van der Waals surface area contributed by atoms with Crippen LogP contribution < -0.4 is 9.64 Å². The van der Waals surface area contributed by atoms with Gasteiger partial charge in [-0.15, -0.1) is 0 Å². The van der Waals surface area contributed by atoms with Gasteiger partial charge >= 0.3 is 0 Å². The average molecular weight is 388 g/mol. The summed E-state index contributed by atoms with van der Waals surface area (Å²) in [6, 6.07) is 10.9. The van der Waals surface area contributed by atoms with Crippen LogP contribution in [0, 0.1) is 13.8 Å². The summed E-state index contributed by atoms with van der Waals surface area (Å²) in [5.41, 5.74) is 3.47. The molecule has 1 heterocycles. The highest BCUT2D eigenvalue weighted by Gasteiger charge is 2.31. The van der Waals surface area contributed by atoms with Crippen molar-refractivity contribution in [2.24, 2.45) is 0 Å². The van der Waals surface area contributed by atoms with E-state index >= 15 is 0 Å². The Bertz CT molecular complexity index is 948. The van der Waals surface area contributed by atoms with Gasteiger partial charge in [0.25, 0.3) is 0 Å². The van der Waals surface area contributed by atoms with E-state index in [1.54, 1.807) is 18.2 Å². The first-order valence-corrected chi connectivity index (χ1v) is 10.3. The molecule has 1 saturated heterocycles. The number of aldehydes is 1. The van der Waals surface area contributed by atoms with E-state index < -0.39 is 10.0 Å². The molecule has 1 fully saturated rings. The molecule has 0 aromatic heterocycles. The van der Waals surface area contributed by atoms with Gasteiger partial charge in [0.05, 0.1) is 7.11 Å². The normalized spacial score (nSPS) is 15.6. The molecule has 6 nitrogen and oxygen atoms in total. The molecule has 144 valence electrons. The van der Waals surface area contributed by atoms with E-state index in [0.717, 1.165) is 23.1 Å². The summed E-state index contributed by atoms with van der Waals surface area (Å²) < 4.78 is 32.9. The molecule has 2 aromatic rings. The summed E-state index contributed by atoms with van der Waals surface area (Å²) in [5.74, 6) is 0.364. The lowest BCUT2D eigenvalue weighted by molar-refractivity contribution is 0.112. The van der Waals surface area contributed by atoms with E-state index in [9.17, 15) is 13.2 Å². The topological polar surface area (TPSA) is 66.9 Å². The zero-order valence-corrected chi connectivity index (χ0v) is 16.6. The number of carbonyl (C=O) groups excluding carboxylic acids is 1. The molecular formula is C20H24N2O4S. The molecule has 0 bridgehead atoms. The Labute approximate surface area is 160 Å². The molecule has 7 heteroatoms. The summed E-state index contributed by atoms with van der Waals surface area (Å²) in [4.78, 5) is 13.3. The van der Waals surface area contributed by atoms with E-state index in [0.29, 0.717) is 37.5 Å². The fourth-order valence-electron chi connectivity index (χ4n) is 3.30. The third-order valence-corrected chi connectivity index (χ3v) is 6.84. The zero-order chi connectivity index (χ0) is 19.6. The van der Waals surface area contributed by atoms with Gasteiger partial charge in [-0.3, -0.25) is 4.79 Å². The SMILES string of the molecule is COc1ccc(C)cc1S(=O)(=O)N1CCN(c2ccc(C=O)c(C)c2)CC1. The number of anilines is 1. The van der Waals surface area contributed by atoms with Gasteiger partial charge in [0.2, 0.25) is 10.0 Å². The van der Waals surface area contributed by atoms with Gasteiger partial charge < -0.3 is 9.64 Å². The summed E-state index contributed by atoms with van der Waals surface area (Å²) >= 11 is 0. The number of nitrogens with zero attached hydrogens (tertiary/aromatic N) is 2. The van der Waals surface area contributed by atoms with Crippen molar-refractivity contribution in [1.82, 2.24) is 4.31 Å². The van der Waals surface area contributed by atoms with E-state index in [4.69, 9.17) is 4.74 Å². The number of benzene rings is 2. The second-order valence-electron chi connectivity index (χ2n) is 6.70. The van der Waals surface area contributed by atoms with Gasteiger partial charge in [0, 0.05) is 37.4 Å². The number of ether oxygens (including phenoxy) is 1. The van der Waals surface area contributed by atoms with E-state index in [1.807, 2.05) is 32.0 Å². The second-order valence-corrected chi connectivity index (χ2v) is 8.61. The molecule has 0 saturated carbocycles. The molecule has 0 atom stereocenters. The van der Waals surface area contributed by atoms with Crippen LogP contribution in [0.25, 0.3) is 0 Å². The van der Waals surface area contributed by atoms with Crippen molar-refractivity contribution < 1.29 is 17.9 Å². The molecule has 0 amide bonds. The van der Waals surface area contributed by atoms with Gasteiger partial charge in [0.1, 0.15) is 16.9 Å². The van der Waals surface area contributed by atoms with E-state index in [-0.39, 0.29) is 4.90 Å². The third-order valence-electron chi connectivity index (χ3n) is 4.92. The third kappa shape index (κ3) is 3.84. The van der Waals surface area contributed by atoms with Gasteiger partial charge in [-0.25, -0.2) is 8.42 Å². The van der Waals surface area contributed by atoms with Crippen LogP contribution in [0.3, 0.4) is 0 Å². The van der Waals surface area contributed by atoms with Gasteiger partial charge in [-0.2, -0.15) is 4.31 Å². The molecular weight excluding hydrogens is 364 g/mol. The molecule has 0 unspecified atom stereocenters. The maximum Gasteiger partial charge on any atom is 0.246 e. The predicted octanol–water partition coefficient (Wildman–Crippen LogP) is 2.64. The summed E-state index contributed by atoms with van der Waals surface area (Å²) in [6.45, 7) is 5.74. The van der Waals surface area contributed by atoms with Crippen LogP contribution >= 0.6 is 0 Å². The highest BCUT2D eigenvalue weighted by molar-refractivity contribution is 7.89. The van der Waals surface area contributed by atoms with Gasteiger partial charge in [0.15, 0.2) is 0 Å². The first-order valence-electron chi connectivity index (χ1n) is 8.82. The van der Waals surface area contributed by atoms with Crippen LogP contribution in [0.1, 0.15) is 21.5 Å². The lowest BCUT2D eigenvalue weighted by atomic mass is 10.1. The fourth-order valence-corrected chi connectivity index (χ4v) is 4.96. The van der Waals surface area contributed by atoms with Crippen LogP contribution in [0.5, 0.6) is 5.75 Å². The first kappa shape index (κ1) is 19.4. The van der Waals surface area contributed by atoms with Crippen LogP contribution in [0.15, 0.2) is 41.3 Å². The van der Waals surface area contributed by atoms with Crippen LogP contribution in [-0.2, 0) is 10.0 Å². The summed E-state index contributed by atoms with van der Waals surface area (Å²) in [5, 5.41) is 0. The largest absolute Gasteiger partial charge is 0.495 e. The smallest absolute Gasteiger partial charge is 0.246 e. The number of hydrogen-bond donors (Lipinski definition) is 0. The first-order chi connectivity index (χ1) is 12.9. The van der Waals surface area contributed by atoms with E-state index in [1.165, 1.54) is 11.4 Å². The molecule has 3 rings (SSSR count). The number of hydrogen-bond acceptors (Lipinski definition) is 5. The Balaban J connectivity index is 1.78. The van der Waals surface area contributed by atoms with Crippen molar-refractivity contribution in [2.75, 3.05) is 38.2 Å². The molecule has 1 aliphatic rings. The van der Waals surface area contributed by atoms with E-state index in [2.05, 4.69) is 4.90 Å². The van der Waals surface area contributed by atoms with Crippen LogP contribution in [0.4, 0.5) is 5.69 Å². The highest BCUT2D eigenvalue weighted by Crippen LogP contribution is 2.29. The minimum Gasteiger partial charge on any atom is -0.495 e. The number of piperazine rings is 1. The number of sulfonamides is 1. The van der Waals surface area contributed by atoms with Crippen molar-refractivity contribution in [3.8, 4) is 5.75 Å². The molecule has 27 heavy (non-hydrogen) atoms. The monoisotopic (exact) mass is 388 g/mol. The average Bonchev–Trinajstić information content (AvgIpc) is 2.68. The standard InChI is InChI=1S/C20H24N2O4S/c1-15-4-7-19(26-3)20(12-15)27(24,25)22-10-8-21(9-11-22)18-6-5-17(14-23)16(2)13-18/h4-7,12-14H,8-11H2,1-3H3. The maximum atomic E-state index is 13.1. The minimum atomic E-state index is -3.62. The van der Waals surface area contributed by atoms with Crippen molar-refractivity contribution in [1.29, 1.82) is 0 Å². The number of aryl methyl sites for hydroxylation is 2. The quantitative estimate of drug-likeness (QED) is 0.737. The number of carbonyl (C=O) groups is 1. The maximum absolute atomic E-state index is 13.1. The highest BCUT2D eigenvalue weighted by atomic mass is 32.2. The van der Waals surface area contributed by atoms with Gasteiger partial charge in [-0.05, 0) is 55.3 Å². The Morgan fingerprint density at radius 3 is 2.30 bits per heavy atom. The molecule has 2 aromatic carbocycles. The Hall–Kier alpha value is -2.38. The molecule has 0 spiro atoms. The lowest BCUT2D eigenvalue weighted by Gasteiger charge is -2.35. The lowest BCUT2D eigenvalue weighted by Crippen LogP contribution is -2.48. The minimum absolute atomic E-state index is 0.213. The summed E-state index contributed by atoms with van der Waals surface area (Å²) in [6.07, 6.45) is 0.846. The molecule has 1 aliphatic heterocycles. The predicted molar refractivity (Wildman–Crippen MR) is 105 cm³/mol. The van der Waals surface area contributed by atoms with Crippen molar-refractivity contribution in [2.45, 2.75) is 18.7 Å². The number of methoxy groups -OCH3 is 1. The van der Waals surface area contributed by atoms with Crippen molar-refractivity contribution in [3.05, 3.63) is 53.1 Å². The Kier molecular flexibility index (Phi) is 5.53. The number of rotatable bonds is 5. The van der Waals surface area contributed by atoms with Crippen molar-refractivity contribution >= 4 is 22.0 Å². The van der Waals surface area contributed by atoms with Crippen LogP contribution in [0.2, 0.25) is 0 Å². The fraction of sp³-hybridized carbons (Fsp3) is 0.350. The van der Waals surface area contributed by atoms with Crippen LogP contribution in [-0.4, -0.2) is 52.3 Å².